The number of rotatable bonds is 2. The van der Waals surface area contributed by atoms with Gasteiger partial charge in [0.15, 0.2) is 0 Å². The van der Waals surface area contributed by atoms with E-state index in [1.54, 1.807) is 0 Å². The summed E-state index contributed by atoms with van der Waals surface area (Å²) in [5, 5.41) is 4.99. The Morgan fingerprint density at radius 1 is 1.05 bits per heavy atom. The second-order valence-corrected chi connectivity index (χ2v) is 6.17. The highest BCUT2D eigenvalue weighted by molar-refractivity contribution is 7.17. The Bertz CT molecular complexity index is 898. The Labute approximate surface area is 122 Å². The van der Waals surface area contributed by atoms with Crippen LogP contribution < -0.4 is 0 Å². The Morgan fingerprint density at radius 2 is 1.95 bits per heavy atom. The summed E-state index contributed by atoms with van der Waals surface area (Å²) < 4.78 is 3.71. The molecule has 2 aromatic carbocycles. The summed E-state index contributed by atoms with van der Waals surface area (Å²) in [5.74, 6) is 0. The maximum atomic E-state index is 2.34. The minimum absolute atomic E-state index is 0.941. The third kappa shape index (κ3) is 1.84. The van der Waals surface area contributed by atoms with E-state index < -0.39 is 0 Å². The molecule has 0 spiro atoms. The van der Waals surface area contributed by atoms with Gasteiger partial charge < -0.3 is 4.57 Å². The van der Waals surface area contributed by atoms with Crippen LogP contribution in [0.5, 0.6) is 0 Å². The maximum absolute atomic E-state index is 2.34. The fourth-order valence-electron chi connectivity index (χ4n) is 2.80. The number of thiophene rings is 1. The van der Waals surface area contributed by atoms with Gasteiger partial charge in [-0.3, -0.25) is 0 Å². The van der Waals surface area contributed by atoms with Crippen LogP contribution in [-0.2, 0) is 6.54 Å². The molecule has 2 aromatic heterocycles. The van der Waals surface area contributed by atoms with Gasteiger partial charge in [0.1, 0.15) is 0 Å². The third-order valence-corrected chi connectivity index (χ3v) is 4.84. The predicted octanol–water partition coefficient (Wildman–Crippen LogP) is 5.21. The molecule has 0 N–H and O–H groups in total. The van der Waals surface area contributed by atoms with Crippen molar-refractivity contribution in [2.45, 2.75) is 13.5 Å². The number of fused-ring (bicyclic) bond motifs is 2. The van der Waals surface area contributed by atoms with Gasteiger partial charge in [-0.1, -0.05) is 29.8 Å². The third-order valence-electron chi connectivity index (χ3n) is 3.83. The molecule has 0 aliphatic rings. The highest BCUT2D eigenvalue weighted by Crippen LogP contribution is 2.27. The van der Waals surface area contributed by atoms with Crippen molar-refractivity contribution in [2.75, 3.05) is 0 Å². The summed E-state index contributed by atoms with van der Waals surface area (Å²) in [4.78, 5) is 0. The van der Waals surface area contributed by atoms with Gasteiger partial charge in [0.05, 0.1) is 0 Å². The molecule has 0 aliphatic heterocycles. The van der Waals surface area contributed by atoms with Crippen LogP contribution in [0.3, 0.4) is 0 Å². The minimum atomic E-state index is 0.941. The number of hydrogen-bond donors (Lipinski definition) is 0. The molecule has 4 aromatic rings. The number of benzene rings is 2. The van der Waals surface area contributed by atoms with E-state index in [2.05, 4.69) is 71.6 Å². The Morgan fingerprint density at radius 3 is 2.90 bits per heavy atom. The number of aromatic nitrogens is 1. The van der Waals surface area contributed by atoms with Crippen LogP contribution in [0.1, 0.15) is 11.1 Å². The van der Waals surface area contributed by atoms with Crippen LogP contribution in [-0.4, -0.2) is 4.57 Å². The van der Waals surface area contributed by atoms with Gasteiger partial charge in [-0.25, -0.2) is 0 Å². The van der Waals surface area contributed by atoms with Gasteiger partial charge >= 0.3 is 0 Å². The van der Waals surface area contributed by atoms with Crippen molar-refractivity contribution in [3.05, 3.63) is 71.2 Å². The summed E-state index contributed by atoms with van der Waals surface area (Å²) in [7, 11) is 0. The summed E-state index contributed by atoms with van der Waals surface area (Å²) in [6.45, 7) is 3.08. The molecule has 20 heavy (non-hydrogen) atoms. The van der Waals surface area contributed by atoms with Crippen molar-refractivity contribution in [3.8, 4) is 0 Å². The standard InChI is InChI=1S/C18H15NS/c1-13-6-7-17-14(10-13)8-9-19(17)11-15-12-20-18-5-3-2-4-16(15)18/h2-10,12H,11H2,1H3. The zero-order valence-electron chi connectivity index (χ0n) is 11.3. The largest absolute Gasteiger partial charge is 0.343 e. The normalized spacial score (nSPS) is 11.4. The quantitative estimate of drug-likeness (QED) is 0.474. The average Bonchev–Trinajstić information content (AvgIpc) is 3.04. The van der Waals surface area contributed by atoms with Crippen molar-refractivity contribution >= 4 is 32.3 Å². The zero-order valence-corrected chi connectivity index (χ0v) is 12.2. The summed E-state index contributed by atoms with van der Waals surface area (Å²) in [6, 6.07) is 17.5. The topological polar surface area (TPSA) is 4.93 Å². The summed E-state index contributed by atoms with van der Waals surface area (Å²) >= 11 is 1.83. The molecule has 0 saturated carbocycles. The molecule has 98 valence electrons. The lowest BCUT2D eigenvalue weighted by Crippen LogP contribution is -1.96. The van der Waals surface area contributed by atoms with Gasteiger partial charge in [-0.2, -0.15) is 0 Å². The van der Waals surface area contributed by atoms with E-state index in [4.69, 9.17) is 0 Å². The minimum Gasteiger partial charge on any atom is -0.343 e. The average molecular weight is 277 g/mol. The van der Waals surface area contributed by atoms with Gasteiger partial charge in [-0.05, 0) is 52.9 Å². The van der Waals surface area contributed by atoms with E-state index >= 15 is 0 Å². The first-order valence-corrected chi connectivity index (χ1v) is 7.70. The van der Waals surface area contributed by atoms with E-state index in [1.807, 2.05) is 11.3 Å². The van der Waals surface area contributed by atoms with Gasteiger partial charge in [0.25, 0.3) is 0 Å². The van der Waals surface area contributed by atoms with Gasteiger partial charge in [-0.15, -0.1) is 11.3 Å². The second-order valence-electron chi connectivity index (χ2n) is 5.26. The van der Waals surface area contributed by atoms with E-state index in [9.17, 15) is 0 Å². The molecule has 0 atom stereocenters. The van der Waals surface area contributed by atoms with E-state index in [0.717, 1.165) is 6.54 Å². The molecule has 2 heteroatoms. The molecule has 2 heterocycles. The van der Waals surface area contributed by atoms with E-state index in [0.29, 0.717) is 0 Å². The van der Waals surface area contributed by atoms with Crippen molar-refractivity contribution in [2.24, 2.45) is 0 Å². The SMILES string of the molecule is Cc1ccc2c(ccn2Cc2csc3ccccc23)c1. The van der Waals surface area contributed by atoms with Crippen molar-refractivity contribution in [1.29, 1.82) is 0 Å². The highest BCUT2D eigenvalue weighted by Gasteiger charge is 2.06. The Hall–Kier alpha value is -2.06. The fraction of sp³-hybridized carbons (Fsp3) is 0.111. The zero-order chi connectivity index (χ0) is 13.5. The molecule has 0 fully saturated rings. The predicted molar refractivity (Wildman–Crippen MR) is 87.6 cm³/mol. The van der Waals surface area contributed by atoms with Crippen molar-refractivity contribution in [3.63, 3.8) is 0 Å². The highest BCUT2D eigenvalue weighted by atomic mass is 32.1. The summed E-state index contributed by atoms with van der Waals surface area (Å²) in [5.41, 5.74) is 4.03. The van der Waals surface area contributed by atoms with E-state index in [-0.39, 0.29) is 0 Å². The number of aryl methyl sites for hydroxylation is 1. The molecule has 0 saturated heterocycles. The second kappa shape index (κ2) is 4.50. The molecule has 1 nitrogen and oxygen atoms in total. The molecular weight excluding hydrogens is 262 g/mol. The molecule has 0 bridgehead atoms. The van der Waals surface area contributed by atoms with Gasteiger partial charge in [0, 0.05) is 23.0 Å². The molecule has 0 amide bonds. The van der Waals surface area contributed by atoms with Gasteiger partial charge in [0.2, 0.25) is 0 Å². The van der Waals surface area contributed by atoms with Crippen molar-refractivity contribution in [1.82, 2.24) is 4.57 Å². The lowest BCUT2D eigenvalue weighted by atomic mass is 10.1. The first kappa shape index (κ1) is 11.7. The van der Waals surface area contributed by atoms with Crippen LogP contribution in [0.15, 0.2) is 60.1 Å². The smallest absolute Gasteiger partial charge is 0.0490 e. The Balaban J connectivity index is 1.81. The fourth-order valence-corrected chi connectivity index (χ4v) is 3.75. The van der Waals surface area contributed by atoms with E-state index in [1.165, 1.54) is 32.1 Å². The molecule has 0 unspecified atom stereocenters. The first-order chi connectivity index (χ1) is 9.81. The molecule has 0 aliphatic carbocycles. The molecular formula is C18H15NS. The monoisotopic (exact) mass is 277 g/mol. The molecule has 0 radical (unpaired) electrons. The van der Waals surface area contributed by atoms with Crippen LogP contribution in [0, 0.1) is 6.92 Å². The van der Waals surface area contributed by atoms with Crippen LogP contribution in [0.25, 0.3) is 21.0 Å². The number of hydrogen-bond acceptors (Lipinski definition) is 1. The lowest BCUT2D eigenvalue weighted by Gasteiger charge is -2.05. The van der Waals surface area contributed by atoms with Crippen LogP contribution in [0.2, 0.25) is 0 Å². The van der Waals surface area contributed by atoms with Crippen LogP contribution in [0.4, 0.5) is 0 Å². The molecule has 4 rings (SSSR count). The lowest BCUT2D eigenvalue weighted by molar-refractivity contribution is 0.845. The maximum Gasteiger partial charge on any atom is 0.0490 e. The first-order valence-electron chi connectivity index (χ1n) is 6.82. The Kier molecular flexibility index (Phi) is 2.64. The summed E-state index contributed by atoms with van der Waals surface area (Å²) in [6.07, 6.45) is 2.19. The van der Waals surface area contributed by atoms with Crippen LogP contribution >= 0.6 is 11.3 Å². The number of nitrogens with zero attached hydrogens (tertiary/aromatic N) is 1. The van der Waals surface area contributed by atoms with Crippen molar-refractivity contribution < 1.29 is 0 Å².